The summed E-state index contributed by atoms with van der Waals surface area (Å²) in [6.45, 7) is 5.40. The van der Waals surface area contributed by atoms with E-state index in [2.05, 4.69) is 15.0 Å². The average Bonchev–Trinajstić information content (AvgIpc) is 2.71. The van der Waals surface area contributed by atoms with Crippen LogP contribution in [0.5, 0.6) is 0 Å². The van der Waals surface area contributed by atoms with E-state index in [9.17, 15) is 14.0 Å². The maximum atomic E-state index is 14.3. The highest BCUT2D eigenvalue weighted by atomic mass is 19.1. The molecule has 2 aromatic heterocycles. The van der Waals surface area contributed by atoms with Crippen LogP contribution in [-0.2, 0) is 11.2 Å². The highest BCUT2D eigenvalue weighted by Gasteiger charge is 2.27. The largest absolute Gasteiger partial charge is 0.320 e. The zero-order valence-electron chi connectivity index (χ0n) is 17.2. The fourth-order valence-electron chi connectivity index (χ4n) is 4.10. The molecular weight excluding hydrogens is 380 g/mol. The van der Waals surface area contributed by atoms with Crippen LogP contribution >= 0.6 is 0 Å². The number of carbonyl (C=O) groups excluding carboxylic acids is 1. The molecule has 7 heteroatoms. The predicted octanol–water partition coefficient (Wildman–Crippen LogP) is 3.51. The van der Waals surface area contributed by atoms with Gasteiger partial charge in [-0.2, -0.15) is 0 Å². The number of Topliss-reactive ketones (excluding diaryl/α,β-unsaturated/α-hetero) is 1. The van der Waals surface area contributed by atoms with Crippen molar-refractivity contribution in [2.24, 2.45) is 4.99 Å². The number of aliphatic imine (C=N–C) groups is 1. The molecule has 0 bridgehead atoms. The van der Waals surface area contributed by atoms with Crippen LogP contribution in [0.1, 0.15) is 47.1 Å². The van der Waals surface area contributed by atoms with Crippen molar-refractivity contribution in [3.63, 3.8) is 0 Å². The first kappa shape index (κ1) is 20.2. The second-order valence-electron chi connectivity index (χ2n) is 7.75. The number of hydrogen-bond donors (Lipinski definition) is 1. The standard InChI is InChI=1S/C23H21BFN3O2/c1-11-6-16-17(9-26-10-24)13(3)22(27-19(16)8-18(11)25)20-7-15-12(2)21(29)5-4-14(15)23(30)28-20/h6-9,12H,4-5,10H2,1-3H3,(H,28,30)/b26-9+. The summed E-state index contributed by atoms with van der Waals surface area (Å²) in [6, 6.07) is 4.95. The molecular formula is C23H21BFN3O2. The molecule has 2 radical (unpaired) electrons. The van der Waals surface area contributed by atoms with Gasteiger partial charge in [-0.05, 0) is 55.5 Å². The first-order valence-corrected chi connectivity index (χ1v) is 9.91. The molecule has 0 saturated heterocycles. The lowest BCUT2D eigenvalue weighted by atomic mass is 9.83. The Labute approximate surface area is 174 Å². The number of nitrogens with one attached hydrogen (secondary N) is 1. The molecule has 1 aromatic carbocycles. The number of hydrogen-bond acceptors (Lipinski definition) is 4. The number of aromatic nitrogens is 2. The summed E-state index contributed by atoms with van der Waals surface area (Å²) in [6.07, 6.45) is 2.59. The van der Waals surface area contributed by atoms with Gasteiger partial charge in [-0.3, -0.25) is 9.59 Å². The van der Waals surface area contributed by atoms with Gasteiger partial charge in [0.1, 0.15) is 11.6 Å². The molecule has 2 heterocycles. The molecule has 0 saturated carbocycles. The fourth-order valence-corrected chi connectivity index (χ4v) is 4.10. The molecule has 0 spiro atoms. The van der Waals surface area contributed by atoms with Crippen molar-refractivity contribution in [3.05, 3.63) is 62.2 Å². The van der Waals surface area contributed by atoms with E-state index in [-0.39, 0.29) is 29.5 Å². The lowest BCUT2D eigenvalue weighted by Crippen LogP contribution is -2.26. The number of aromatic amines is 1. The number of fused-ring (bicyclic) bond motifs is 2. The monoisotopic (exact) mass is 401 g/mol. The van der Waals surface area contributed by atoms with Crippen molar-refractivity contribution >= 4 is 30.7 Å². The molecule has 30 heavy (non-hydrogen) atoms. The molecule has 150 valence electrons. The van der Waals surface area contributed by atoms with E-state index in [0.717, 1.165) is 22.1 Å². The Morgan fingerprint density at radius 3 is 2.77 bits per heavy atom. The van der Waals surface area contributed by atoms with E-state index < -0.39 is 0 Å². The third kappa shape index (κ3) is 3.28. The van der Waals surface area contributed by atoms with Crippen molar-refractivity contribution in [3.8, 4) is 11.4 Å². The number of rotatable bonds is 3. The number of halogens is 1. The van der Waals surface area contributed by atoms with E-state index >= 15 is 0 Å². The van der Waals surface area contributed by atoms with E-state index in [4.69, 9.17) is 7.85 Å². The van der Waals surface area contributed by atoms with Crippen molar-refractivity contribution in [1.29, 1.82) is 0 Å². The third-order valence-electron chi connectivity index (χ3n) is 5.88. The summed E-state index contributed by atoms with van der Waals surface area (Å²) in [5.74, 6) is -0.575. The van der Waals surface area contributed by atoms with Crippen LogP contribution in [0.3, 0.4) is 0 Å². The van der Waals surface area contributed by atoms with Crippen molar-refractivity contribution < 1.29 is 9.18 Å². The van der Waals surface area contributed by atoms with Gasteiger partial charge in [-0.25, -0.2) is 9.37 Å². The predicted molar refractivity (Wildman–Crippen MR) is 117 cm³/mol. The topological polar surface area (TPSA) is 75.2 Å². The number of benzene rings is 1. The van der Waals surface area contributed by atoms with Gasteiger partial charge in [-0.15, -0.1) is 0 Å². The SMILES string of the molecule is [B]C/N=C/c1c(C)c(-c2cc3c(c(=O)[nH]2)CCC(=O)C3C)nc2cc(F)c(C)cc12. The van der Waals surface area contributed by atoms with E-state index in [0.29, 0.717) is 40.9 Å². The van der Waals surface area contributed by atoms with E-state index in [1.54, 1.807) is 19.2 Å². The summed E-state index contributed by atoms with van der Waals surface area (Å²) < 4.78 is 14.3. The van der Waals surface area contributed by atoms with Crippen LogP contribution in [-0.4, -0.2) is 36.3 Å². The second kappa shape index (κ2) is 7.63. The number of aryl methyl sites for hydroxylation is 1. The Bertz CT molecular complexity index is 1280. The van der Waals surface area contributed by atoms with Gasteiger partial charge in [0.15, 0.2) is 0 Å². The van der Waals surface area contributed by atoms with Crippen molar-refractivity contribution in [2.45, 2.75) is 39.5 Å². The lowest BCUT2D eigenvalue weighted by Gasteiger charge is -2.21. The Morgan fingerprint density at radius 2 is 2.03 bits per heavy atom. The molecule has 1 unspecified atom stereocenters. The number of ketones is 1. The molecule has 1 aliphatic rings. The van der Waals surface area contributed by atoms with Gasteiger partial charge in [0.2, 0.25) is 0 Å². The number of nitrogens with zero attached hydrogens (tertiary/aromatic N) is 2. The minimum absolute atomic E-state index is 0.119. The Morgan fingerprint density at radius 1 is 1.27 bits per heavy atom. The van der Waals surface area contributed by atoms with Gasteiger partial charge in [0, 0.05) is 41.1 Å². The fraction of sp³-hybridized carbons (Fsp3) is 0.304. The minimum Gasteiger partial charge on any atom is -0.320 e. The molecule has 0 aliphatic heterocycles. The third-order valence-corrected chi connectivity index (χ3v) is 5.88. The molecule has 1 aliphatic carbocycles. The summed E-state index contributed by atoms with van der Waals surface area (Å²) in [4.78, 5) is 36.7. The highest BCUT2D eigenvalue weighted by Crippen LogP contribution is 2.32. The van der Waals surface area contributed by atoms with Gasteiger partial charge in [-0.1, -0.05) is 6.92 Å². The summed E-state index contributed by atoms with van der Waals surface area (Å²) in [5.41, 5.74) is 4.72. The zero-order chi connectivity index (χ0) is 21.6. The molecule has 3 aromatic rings. The first-order chi connectivity index (χ1) is 14.3. The van der Waals surface area contributed by atoms with E-state index in [1.807, 2.05) is 19.9 Å². The zero-order valence-corrected chi connectivity index (χ0v) is 17.2. The normalized spacial score (nSPS) is 16.4. The summed E-state index contributed by atoms with van der Waals surface area (Å²) in [5, 5.41) is 0.760. The smallest absolute Gasteiger partial charge is 0.251 e. The summed E-state index contributed by atoms with van der Waals surface area (Å²) >= 11 is 0. The van der Waals surface area contributed by atoms with Gasteiger partial charge in [0.25, 0.3) is 5.56 Å². The van der Waals surface area contributed by atoms with Crippen LogP contribution in [0.15, 0.2) is 28.0 Å². The van der Waals surface area contributed by atoms with Crippen LogP contribution in [0.4, 0.5) is 4.39 Å². The molecule has 1 N–H and O–H groups in total. The average molecular weight is 401 g/mol. The summed E-state index contributed by atoms with van der Waals surface area (Å²) in [7, 11) is 5.55. The Hall–Kier alpha value is -3.09. The molecule has 1 atom stereocenters. The number of pyridine rings is 2. The molecule has 0 fully saturated rings. The van der Waals surface area contributed by atoms with Gasteiger partial charge in [0.05, 0.1) is 24.8 Å². The van der Waals surface area contributed by atoms with E-state index in [1.165, 1.54) is 6.07 Å². The van der Waals surface area contributed by atoms with Crippen molar-refractivity contribution in [2.75, 3.05) is 6.44 Å². The van der Waals surface area contributed by atoms with Gasteiger partial charge < -0.3 is 9.98 Å². The number of carbonyl (C=O) groups is 1. The van der Waals surface area contributed by atoms with Crippen LogP contribution < -0.4 is 5.56 Å². The van der Waals surface area contributed by atoms with Crippen LogP contribution in [0.2, 0.25) is 0 Å². The first-order valence-electron chi connectivity index (χ1n) is 9.91. The molecule has 4 rings (SSSR count). The van der Waals surface area contributed by atoms with Gasteiger partial charge >= 0.3 is 0 Å². The minimum atomic E-state index is -0.357. The molecule has 5 nitrogen and oxygen atoms in total. The number of H-pyrrole nitrogens is 1. The maximum Gasteiger partial charge on any atom is 0.251 e. The molecule has 0 amide bonds. The van der Waals surface area contributed by atoms with Crippen molar-refractivity contribution in [1.82, 2.24) is 9.97 Å². The quantitative estimate of drug-likeness (QED) is 0.539. The Kier molecular flexibility index (Phi) is 5.14. The lowest BCUT2D eigenvalue weighted by molar-refractivity contribution is -0.120. The Balaban J connectivity index is 2.02. The van der Waals surface area contributed by atoms with Crippen LogP contribution in [0.25, 0.3) is 22.3 Å². The highest BCUT2D eigenvalue weighted by molar-refractivity contribution is 6.10. The second-order valence-corrected chi connectivity index (χ2v) is 7.75. The van der Waals surface area contributed by atoms with Crippen LogP contribution in [0, 0.1) is 19.7 Å². The maximum absolute atomic E-state index is 14.3.